The van der Waals surface area contributed by atoms with Crippen LogP contribution < -0.4 is 5.32 Å². The normalized spacial score (nSPS) is 14.9. The molecule has 0 unspecified atom stereocenters. The number of carbonyl (C=O) groups excluding carboxylic acids is 2. The van der Waals surface area contributed by atoms with Gasteiger partial charge in [0.2, 0.25) is 0 Å². The Balaban J connectivity index is 2.13. The van der Waals surface area contributed by atoms with Gasteiger partial charge in [-0.3, -0.25) is 9.59 Å². The monoisotopic (exact) mass is 326 g/mol. The van der Waals surface area contributed by atoms with Crippen molar-refractivity contribution in [1.82, 2.24) is 0 Å². The standard InChI is InChI=1S/C12H8BrClN2O2/c13-7-1-3-8(4-2-7)16-12(18)9-6-15-11(14)5-10(9)17/h1-4,6H,5H2,(H,16,18). The lowest BCUT2D eigenvalue weighted by Crippen LogP contribution is -2.23. The Bertz CT molecular complexity index is 564. The van der Waals surface area contributed by atoms with Gasteiger partial charge in [0, 0.05) is 16.4 Å². The predicted octanol–water partition coefficient (Wildman–Crippen LogP) is 2.88. The van der Waals surface area contributed by atoms with Gasteiger partial charge in [0.15, 0.2) is 5.78 Å². The lowest BCUT2D eigenvalue weighted by Gasteiger charge is -2.10. The highest BCUT2D eigenvalue weighted by atomic mass is 79.9. The van der Waals surface area contributed by atoms with Crippen molar-refractivity contribution in [2.75, 3.05) is 5.32 Å². The first-order valence-electron chi connectivity index (χ1n) is 5.09. The van der Waals surface area contributed by atoms with Crippen molar-refractivity contribution in [2.45, 2.75) is 6.42 Å². The molecular formula is C12H8BrClN2O2. The molecule has 0 atom stereocenters. The van der Waals surface area contributed by atoms with Gasteiger partial charge in [0.05, 0.1) is 6.42 Å². The summed E-state index contributed by atoms with van der Waals surface area (Å²) in [6.07, 6.45) is 1.17. The third-order valence-electron chi connectivity index (χ3n) is 2.29. The summed E-state index contributed by atoms with van der Waals surface area (Å²) in [7, 11) is 0. The molecule has 1 aromatic carbocycles. The summed E-state index contributed by atoms with van der Waals surface area (Å²) in [6.45, 7) is 0. The summed E-state index contributed by atoms with van der Waals surface area (Å²) < 4.78 is 0.907. The molecular weight excluding hydrogens is 320 g/mol. The molecule has 0 fully saturated rings. The van der Waals surface area contributed by atoms with Crippen LogP contribution in [0.25, 0.3) is 0 Å². The first-order valence-corrected chi connectivity index (χ1v) is 6.26. The van der Waals surface area contributed by atoms with Crippen LogP contribution in [0.4, 0.5) is 5.69 Å². The van der Waals surface area contributed by atoms with Gasteiger partial charge in [0.1, 0.15) is 10.7 Å². The van der Waals surface area contributed by atoms with E-state index in [4.69, 9.17) is 11.6 Å². The first kappa shape index (κ1) is 13.0. The van der Waals surface area contributed by atoms with Gasteiger partial charge < -0.3 is 5.32 Å². The Morgan fingerprint density at radius 1 is 1.33 bits per heavy atom. The average Bonchev–Trinajstić information content (AvgIpc) is 2.32. The van der Waals surface area contributed by atoms with Gasteiger partial charge >= 0.3 is 0 Å². The number of benzene rings is 1. The Morgan fingerprint density at radius 2 is 2.00 bits per heavy atom. The fourth-order valence-electron chi connectivity index (χ4n) is 1.40. The molecule has 4 nitrogen and oxygen atoms in total. The lowest BCUT2D eigenvalue weighted by atomic mass is 10.1. The SMILES string of the molecule is O=C1CC(Cl)=NC=C1C(=O)Nc1ccc(Br)cc1. The predicted molar refractivity (Wildman–Crippen MR) is 73.8 cm³/mol. The van der Waals surface area contributed by atoms with E-state index in [1.54, 1.807) is 24.3 Å². The summed E-state index contributed by atoms with van der Waals surface area (Å²) in [5.41, 5.74) is 0.625. The maximum atomic E-state index is 11.8. The number of aliphatic imine (C=N–C) groups is 1. The number of Topliss-reactive ketones (excluding diaryl/α,β-unsaturated/α-hetero) is 1. The molecule has 0 aromatic heterocycles. The van der Waals surface area contributed by atoms with Gasteiger partial charge in [0.25, 0.3) is 5.91 Å². The summed E-state index contributed by atoms with van der Waals surface area (Å²) >= 11 is 8.90. The van der Waals surface area contributed by atoms with Gasteiger partial charge in [-0.05, 0) is 24.3 Å². The van der Waals surface area contributed by atoms with E-state index >= 15 is 0 Å². The van der Waals surface area contributed by atoms with E-state index < -0.39 is 5.91 Å². The summed E-state index contributed by atoms with van der Waals surface area (Å²) in [4.78, 5) is 27.2. The van der Waals surface area contributed by atoms with Crippen LogP contribution in [0.3, 0.4) is 0 Å². The number of ketones is 1. The quantitative estimate of drug-likeness (QED) is 0.849. The molecule has 18 heavy (non-hydrogen) atoms. The minimum absolute atomic E-state index is 0.0160. The number of hydrogen-bond acceptors (Lipinski definition) is 3. The van der Waals surface area contributed by atoms with Crippen LogP contribution >= 0.6 is 27.5 Å². The number of halogens is 2. The number of rotatable bonds is 2. The molecule has 0 radical (unpaired) electrons. The molecule has 1 N–H and O–H groups in total. The van der Waals surface area contributed by atoms with Crippen LogP contribution in [0.15, 0.2) is 45.5 Å². The van der Waals surface area contributed by atoms with Crippen LogP contribution in [0.1, 0.15) is 6.42 Å². The highest BCUT2D eigenvalue weighted by Gasteiger charge is 2.22. The number of hydrogen-bond donors (Lipinski definition) is 1. The molecule has 0 bridgehead atoms. The second-order valence-corrected chi connectivity index (χ2v) is 4.96. The molecule has 0 saturated carbocycles. The topological polar surface area (TPSA) is 58.5 Å². The molecule has 0 saturated heterocycles. The lowest BCUT2D eigenvalue weighted by molar-refractivity contribution is -0.119. The molecule has 0 aliphatic carbocycles. The summed E-state index contributed by atoms with van der Waals surface area (Å²) in [5.74, 6) is -0.806. The molecule has 1 aliphatic heterocycles. The highest BCUT2D eigenvalue weighted by molar-refractivity contribution is 9.10. The van der Waals surface area contributed by atoms with Crippen molar-refractivity contribution in [1.29, 1.82) is 0 Å². The van der Waals surface area contributed by atoms with E-state index in [2.05, 4.69) is 26.2 Å². The Kier molecular flexibility index (Phi) is 3.93. The first-order chi connectivity index (χ1) is 8.56. The van der Waals surface area contributed by atoms with Crippen molar-refractivity contribution in [3.63, 3.8) is 0 Å². The largest absolute Gasteiger partial charge is 0.322 e. The number of nitrogens with one attached hydrogen (secondary N) is 1. The minimum Gasteiger partial charge on any atom is -0.322 e. The molecule has 2 rings (SSSR count). The number of nitrogens with zero attached hydrogens (tertiary/aromatic N) is 1. The van der Waals surface area contributed by atoms with Crippen molar-refractivity contribution in [3.8, 4) is 0 Å². The maximum Gasteiger partial charge on any atom is 0.260 e. The van der Waals surface area contributed by atoms with Gasteiger partial charge in [-0.25, -0.2) is 4.99 Å². The van der Waals surface area contributed by atoms with E-state index in [1.165, 1.54) is 6.20 Å². The number of amides is 1. The zero-order valence-corrected chi connectivity index (χ0v) is 11.5. The molecule has 6 heteroatoms. The van der Waals surface area contributed by atoms with E-state index in [-0.39, 0.29) is 22.9 Å². The van der Waals surface area contributed by atoms with Crippen LogP contribution in [0.5, 0.6) is 0 Å². The molecule has 1 aliphatic rings. The van der Waals surface area contributed by atoms with Crippen LogP contribution in [0, 0.1) is 0 Å². The summed E-state index contributed by atoms with van der Waals surface area (Å²) in [6, 6.07) is 7.04. The summed E-state index contributed by atoms with van der Waals surface area (Å²) in [5, 5.41) is 2.82. The fraction of sp³-hybridized carbons (Fsp3) is 0.0833. The van der Waals surface area contributed by atoms with Crippen LogP contribution in [-0.2, 0) is 9.59 Å². The van der Waals surface area contributed by atoms with Gasteiger partial charge in [-0.1, -0.05) is 27.5 Å². The molecule has 0 spiro atoms. The van der Waals surface area contributed by atoms with Gasteiger partial charge in [-0.15, -0.1) is 0 Å². The van der Waals surface area contributed by atoms with Crippen LogP contribution in [-0.4, -0.2) is 16.9 Å². The zero-order chi connectivity index (χ0) is 13.1. The van der Waals surface area contributed by atoms with Crippen molar-refractivity contribution >= 4 is 50.1 Å². The smallest absolute Gasteiger partial charge is 0.260 e. The van der Waals surface area contributed by atoms with E-state index in [0.717, 1.165) is 4.47 Å². The van der Waals surface area contributed by atoms with E-state index in [1.807, 2.05) is 0 Å². The Morgan fingerprint density at radius 3 is 2.61 bits per heavy atom. The van der Waals surface area contributed by atoms with Crippen LogP contribution in [0.2, 0.25) is 0 Å². The molecule has 92 valence electrons. The van der Waals surface area contributed by atoms with Crippen molar-refractivity contribution < 1.29 is 9.59 Å². The third kappa shape index (κ3) is 3.05. The highest BCUT2D eigenvalue weighted by Crippen LogP contribution is 2.17. The number of carbonyl (C=O) groups is 2. The fourth-order valence-corrected chi connectivity index (χ4v) is 1.83. The molecule has 1 heterocycles. The van der Waals surface area contributed by atoms with Crippen molar-refractivity contribution in [2.24, 2.45) is 4.99 Å². The van der Waals surface area contributed by atoms with Gasteiger partial charge in [-0.2, -0.15) is 0 Å². The average molecular weight is 328 g/mol. The second-order valence-electron chi connectivity index (χ2n) is 3.61. The minimum atomic E-state index is -0.477. The van der Waals surface area contributed by atoms with Crippen molar-refractivity contribution in [3.05, 3.63) is 40.5 Å². The second kappa shape index (κ2) is 5.46. The number of anilines is 1. The molecule has 1 aromatic rings. The third-order valence-corrected chi connectivity index (χ3v) is 3.05. The zero-order valence-electron chi connectivity index (χ0n) is 9.11. The van der Waals surface area contributed by atoms with E-state index in [0.29, 0.717) is 5.69 Å². The Hall–Kier alpha value is -1.46. The van der Waals surface area contributed by atoms with E-state index in [9.17, 15) is 9.59 Å². The molecule has 1 amide bonds. The Labute approximate surface area is 117 Å². The maximum absolute atomic E-state index is 11.8.